The Bertz CT molecular complexity index is 3230. The molecule has 10 rings (SSSR count). The van der Waals surface area contributed by atoms with Gasteiger partial charge in [0.05, 0.1) is 30.1 Å². The number of amides is 2. The van der Waals surface area contributed by atoms with Gasteiger partial charge >= 0.3 is 11.7 Å². The van der Waals surface area contributed by atoms with Crippen LogP contribution in [0.15, 0.2) is 53.5 Å². The van der Waals surface area contributed by atoms with Crippen molar-refractivity contribution in [2.75, 3.05) is 45.4 Å². The maximum atomic E-state index is 16.1. The van der Waals surface area contributed by atoms with Gasteiger partial charge in [-0.1, -0.05) is 119 Å². The van der Waals surface area contributed by atoms with Crippen LogP contribution in [0.5, 0.6) is 11.8 Å². The molecule has 4 aliphatic rings. The zero-order valence-corrected chi connectivity index (χ0v) is 53.8. The lowest BCUT2D eigenvalue weighted by Gasteiger charge is -2.32. The van der Waals surface area contributed by atoms with Gasteiger partial charge in [-0.3, -0.25) is 33.9 Å². The monoisotopic (exact) mass is 1190 g/mol. The zero-order chi connectivity index (χ0) is 62.6. The van der Waals surface area contributed by atoms with Gasteiger partial charge in [0.15, 0.2) is 5.82 Å². The number of halogens is 2. The number of carbonyl (C=O) groups is 3. The number of carbonyl (C=O) groups excluding carboxylic acids is 3. The number of nitrogens with zero attached hydrogens (tertiary/aromatic N) is 7. The third kappa shape index (κ3) is 17.3. The summed E-state index contributed by atoms with van der Waals surface area (Å²) in [4.78, 5) is 63.4. The summed E-state index contributed by atoms with van der Waals surface area (Å²) in [5.41, 5.74) is 3.48. The normalized spacial score (nSPS) is 19.1. The molecule has 4 aliphatic heterocycles. The van der Waals surface area contributed by atoms with E-state index >= 15 is 4.39 Å². The lowest BCUT2D eigenvalue weighted by Crippen LogP contribution is -2.44. The first-order valence-electron chi connectivity index (χ1n) is 32.2. The van der Waals surface area contributed by atoms with E-state index in [1.165, 1.54) is 115 Å². The van der Waals surface area contributed by atoms with Gasteiger partial charge in [-0.15, -0.1) is 0 Å². The number of methoxy groups -OCH3 is 2. The van der Waals surface area contributed by atoms with Crippen molar-refractivity contribution in [2.45, 2.75) is 208 Å². The zero-order valence-electron chi connectivity index (χ0n) is 53.8. The Hall–Kier alpha value is -6.33. The molecule has 6 atom stereocenters. The first kappa shape index (κ1) is 68.8. The van der Waals surface area contributed by atoms with Crippen LogP contribution in [0, 0.1) is 29.4 Å². The number of aromatic nitrogens is 5. The van der Waals surface area contributed by atoms with Gasteiger partial charge < -0.3 is 24.3 Å². The number of fused-ring (bicyclic) bond motifs is 4. The van der Waals surface area contributed by atoms with Crippen LogP contribution in [0.25, 0.3) is 44.0 Å². The number of nitrogens with one attached hydrogen (secondary N) is 1. The average Bonchev–Trinajstić information content (AvgIpc) is 1.25. The van der Waals surface area contributed by atoms with Gasteiger partial charge in [-0.05, 0) is 154 Å². The number of anilines is 1. The molecule has 0 spiro atoms. The van der Waals surface area contributed by atoms with E-state index in [1.54, 1.807) is 28.4 Å². The van der Waals surface area contributed by atoms with Crippen molar-refractivity contribution in [3.63, 3.8) is 0 Å². The van der Waals surface area contributed by atoms with E-state index < -0.39 is 17.8 Å². The van der Waals surface area contributed by atoms with Crippen LogP contribution in [0.2, 0.25) is 0 Å². The quantitative estimate of drug-likeness (QED) is 0.0581. The van der Waals surface area contributed by atoms with Crippen LogP contribution in [-0.2, 0) is 32.6 Å². The van der Waals surface area contributed by atoms with Gasteiger partial charge in [-0.2, -0.15) is 9.97 Å². The summed E-state index contributed by atoms with van der Waals surface area (Å²) in [5.74, 6) is 1.70. The van der Waals surface area contributed by atoms with Gasteiger partial charge in [0.1, 0.15) is 40.9 Å². The average molecular weight is 1190 g/mol. The van der Waals surface area contributed by atoms with Gasteiger partial charge in [0.2, 0.25) is 11.8 Å². The highest BCUT2D eigenvalue weighted by Crippen LogP contribution is 2.40. The number of hydrogen-bond acceptors (Lipinski definition) is 12. The molecule has 3 aromatic heterocycles. The predicted octanol–water partition coefficient (Wildman–Crippen LogP) is 14.7. The molecule has 17 heteroatoms. The summed E-state index contributed by atoms with van der Waals surface area (Å²) in [7, 11) is 5.00. The minimum atomic E-state index is -0.664. The molecule has 0 saturated carbocycles. The third-order valence-corrected chi connectivity index (χ3v) is 17.7. The summed E-state index contributed by atoms with van der Waals surface area (Å²) in [6.07, 6.45) is 23.9. The summed E-state index contributed by atoms with van der Waals surface area (Å²) >= 11 is 0. The topological polar surface area (TPSA) is 174 Å². The number of aryl methyl sites for hydroxylation is 2. The number of hydrogen-bond donors (Lipinski definition) is 2. The minimum absolute atomic E-state index is 0.00702. The molecular weight excluding hydrogens is 1090 g/mol. The van der Waals surface area contributed by atoms with Gasteiger partial charge in [-0.25, -0.2) is 13.6 Å². The fourth-order valence-electron chi connectivity index (χ4n) is 13.2. The van der Waals surface area contributed by atoms with Crippen molar-refractivity contribution >= 4 is 56.6 Å². The Morgan fingerprint density at radius 2 is 1.59 bits per heavy atom. The van der Waals surface area contributed by atoms with Crippen LogP contribution >= 0.6 is 0 Å². The highest BCUT2D eigenvalue weighted by molar-refractivity contribution is 6.02. The number of aromatic hydroxyl groups is 1. The second-order valence-electron chi connectivity index (χ2n) is 24.4. The number of benzene rings is 3. The van der Waals surface area contributed by atoms with Gasteiger partial charge in [0.25, 0.3) is 0 Å². The number of imidazole rings is 1. The first-order valence-corrected chi connectivity index (χ1v) is 32.2. The number of ether oxygens (including phenoxy) is 2. The predicted molar refractivity (Wildman–Crippen MR) is 343 cm³/mol. The van der Waals surface area contributed by atoms with Crippen LogP contribution in [0.4, 0.5) is 14.6 Å². The molecule has 2 amide bonds. The van der Waals surface area contributed by atoms with Crippen molar-refractivity contribution in [3.8, 4) is 23.0 Å². The number of pyridine rings is 1. The van der Waals surface area contributed by atoms with E-state index in [4.69, 9.17) is 14.3 Å². The minimum Gasteiger partial charge on any atom is -0.508 e. The molecule has 4 fully saturated rings. The van der Waals surface area contributed by atoms with Crippen LogP contribution in [0.3, 0.4) is 0 Å². The van der Waals surface area contributed by atoms with Crippen molar-refractivity contribution < 1.29 is 37.7 Å². The highest BCUT2D eigenvalue weighted by Gasteiger charge is 2.36. The number of unbranched alkanes of at least 4 members (excludes halogenated alkanes) is 1. The van der Waals surface area contributed by atoms with Gasteiger partial charge in [0, 0.05) is 57.5 Å². The first-order chi connectivity index (χ1) is 41.4. The molecule has 472 valence electrons. The number of rotatable bonds is 19. The van der Waals surface area contributed by atoms with E-state index in [2.05, 4.69) is 90.7 Å². The molecule has 6 unspecified atom stereocenters. The molecule has 7 heterocycles. The van der Waals surface area contributed by atoms with Crippen LogP contribution in [-0.4, -0.2) is 105 Å². The molecule has 3 aromatic carbocycles. The third-order valence-electron chi connectivity index (χ3n) is 17.7. The Balaban J connectivity index is 0.000000200. The summed E-state index contributed by atoms with van der Waals surface area (Å²) in [6, 6.07) is 13.2. The maximum Gasteiger partial charge on any atom is 0.329 e. The van der Waals surface area contributed by atoms with E-state index in [-0.39, 0.29) is 46.8 Å². The van der Waals surface area contributed by atoms with Crippen LogP contribution < -0.4 is 20.6 Å². The SMILES string of the molecule is CC=O.CCCC(CC)CCC(C)C.CCCCC(CCC)c1ccc2c(c1)n(C)c(=O)n2C1CCC(=O)NC1=O.CCc1c(F)ccc2cc(O)cc(-c3ncc4c(N5CCCC(C)C5)nc(OC)nc4c3F)c12.COCC1CCC2CCCN21. The molecule has 2 N–H and O–H groups in total. The summed E-state index contributed by atoms with van der Waals surface area (Å²) in [6.45, 7) is 23.0. The molecule has 0 bridgehead atoms. The summed E-state index contributed by atoms with van der Waals surface area (Å²) in [5, 5.41) is 14.3. The van der Waals surface area contributed by atoms with E-state index in [9.17, 15) is 23.9 Å². The van der Waals surface area contributed by atoms with E-state index in [0.29, 0.717) is 57.8 Å². The molecule has 6 aromatic rings. The number of imide groups is 1. The van der Waals surface area contributed by atoms with Crippen molar-refractivity contribution in [2.24, 2.45) is 24.8 Å². The molecule has 86 heavy (non-hydrogen) atoms. The number of piperidine rings is 2. The number of phenols is 1. The maximum absolute atomic E-state index is 16.1. The second kappa shape index (κ2) is 33.7. The fourth-order valence-corrected chi connectivity index (χ4v) is 13.2. The largest absolute Gasteiger partial charge is 0.508 e. The lowest BCUT2D eigenvalue weighted by molar-refractivity contribution is -0.135. The van der Waals surface area contributed by atoms with Crippen molar-refractivity contribution in [1.29, 1.82) is 0 Å². The summed E-state index contributed by atoms with van der Waals surface area (Å²) < 4.78 is 44.4. The van der Waals surface area contributed by atoms with Crippen molar-refractivity contribution in [1.82, 2.24) is 34.3 Å². The van der Waals surface area contributed by atoms with Crippen LogP contribution in [0.1, 0.15) is 201 Å². The second-order valence-corrected chi connectivity index (χ2v) is 24.4. The molecular formula is C69H100F2N8O7. The number of aldehydes is 1. The Morgan fingerprint density at radius 3 is 2.24 bits per heavy atom. The number of phenolic OH excluding ortho intramolecular Hbond substituents is 1. The molecule has 4 saturated heterocycles. The smallest absolute Gasteiger partial charge is 0.329 e. The highest BCUT2D eigenvalue weighted by atomic mass is 19.1. The van der Waals surface area contributed by atoms with Crippen molar-refractivity contribution in [3.05, 3.63) is 81.9 Å². The van der Waals surface area contributed by atoms with E-state index in [0.717, 1.165) is 93.0 Å². The Kier molecular flexibility index (Phi) is 27.0. The Morgan fingerprint density at radius 1 is 0.849 bits per heavy atom. The Labute approximate surface area is 510 Å². The standard InChI is InChI=1S/C26H26F2N4O2.C21H29N3O3.C11H24.C9H17NO.C2H4O/c1-4-17-20(27)8-7-15-10-16(33)11-18(21(15)17)23-22(28)24-19(12-29-23)25(31-26(30-24)34-3)32-9-5-6-14(2)13-32;1-4-6-8-14(7-5-2)15-9-10-16-18(13-15)23(3)21(27)24(16)17-11-12-19(25)22-20(17)26;1-5-7-11(6-2)9-8-10(3)4;1-11-7-9-5-4-8-3-2-6-10(8)9;1-2-3/h7-8,10-12,14,33H,4-6,9,13H2,1-3H3;9-10,13-14,17H,4-8,11-12H2,1-3H3,(H,22,25,26);10-11H,5-9H2,1-4H3;8-9H,2-7H2,1H3;2H,1H3. The fraction of sp³-hybridized carbons (Fsp3) is 0.609. The molecule has 15 nitrogen and oxygen atoms in total. The lowest BCUT2D eigenvalue weighted by atomic mass is 9.89. The molecule has 0 radical (unpaired) electrons. The van der Waals surface area contributed by atoms with E-state index in [1.807, 2.05) is 20.1 Å². The molecule has 0 aliphatic carbocycles.